The first-order chi connectivity index (χ1) is 6.40. The largest absolute Gasteiger partial charge is 0.421 e. The average molecular weight is 218 g/mol. The summed E-state index contributed by atoms with van der Waals surface area (Å²) in [4.78, 5) is 0. The molecule has 1 fully saturated rings. The predicted molar refractivity (Wildman–Crippen MR) is 52.7 cm³/mol. The van der Waals surface area contributed by atoms with Gasteiger partial charge >= 0.3 is 0 Å². The Morgan fingerprint density at radius 2 is 2.23 bits per heavy atom. The first-order valence-corrected chi connectivity index (χ1v) is 6.04. The maximum atomic E-state index is 5.42. The molecule has 0 amide bonds. The molecule has 1 saturated heterocycles. The highest BCUT2D eigenvalue weighted by Gasteiger charge is 2.23. The van der Waals surface area contributed by atoms with E-state index in [4.69, 9.17) is 9.15 Å². The molecule has 1 aromatic heterocycles. The molecule has 0 saturated carbocycles. The zero-order valence-electron chi connectivity index (χ0n) is 7.23. The minimum atomic E-state index is 0.332. The summed E-state index contributed by atoms with van der Waals surface area (Å²) in [6.07, 6.45) is 0. The summed E-state index contributed by atoms with van der Waals surface area (Å²) in [7, 11) is 1.61. The minimum absolute atomic E-state index is 0.332. The molecule has 0 N–H and O–H groups in total. The van der Waals surface area contributed by atoms with Crippen molar-refractivity contribution in [2.24, 2.45) is 0 Å². The van der Waals surface area contributed by atoms with Crippen LogP contribution in [-0.2, 0) is 11.3 Å². The number of ether oxygens (including phenoxy) is 1. The Balaban J connectivity index is 2.03. The maximum absolute atomic E-state index is 5.42. The Kier molecular flexibility index (Phi) is 3.13. The number of methoxy groups -OCH3 is 1. The molecule has 2 heterocycles. The van der Waals surface area contributed by atoms with E-state index in [1.165, 1.54) is 0 Å². The van der Waals surface area contributed by atoms with Crippen LogP contribution >= 0.6 is 23.5 Å². The van der Waals surface area contributed by atoms with Crippen molar-refractivity contribution in [3.05, 3.63) is 11.8 Å². The van der Waals surface area contributed by atoms with Crippen LogP contribution in [0.25, 0.3) is 0 Å². The van der Waals surface area contributed by atoms with E-state index < -0.39 is 0 Å². The molecule has 0 unspecified atom stereocenters. The van der Waals surface area contributed by atoms with Crippen molar-refractivity contribution in [1.82, 2.24) is 10.2 Å². The van der Waals surface area contributed by atoms with Crippen LogP contribution in [0.3, 0.4) is 0 Å². The second-order valence-electron chi connectivity index (χ2n) is 2.54. The molecule has 0 aliphatic carbocycles. The predicted octanol–water partition coefficient (Wildman–Crippen LogP) is 1.69. The van der Waals surface area contributed by atoms with Gasteiger partial charge in [0, 0.05) is 18.6 Å². The van der Waals surface area contributed by atoms with Crippen molar-refractivity contribution in [2.75, 3.05) is 18.6 Å². The Morgan fingerprint density at radius 1 is 1.46 bits per heavy atom. The van der Waals surface area contributed by atoms with Gasteiger partial charge in [0.1, 0.15) is 11.2 Å². The number of hydrogen-bond donors (Lipinski definition) is 0. The SMILES string of the molecule is COCc1nnc(C2SCCS2)o1. The molecule has 4 nitrogen and oxygen atoms in total. The molecule has 0 aromatic carbocycles. The molecular weight excluding hydrogens is 208 g/mol. The quantitative estimate of drug-likeness (QED) is 0.769. The summed E-state index contributed by atoms with van der Waals surface area (Å²) in [5, 5.41) is 7.86. The second kappa shape index (κ2) is 4.34. The Morgan fingerprint density at radius 3 is 2.92 bits per heavy atom. The standard InChI is InChI=1S/C7H10N2O2S2/c1-10-4-5-8-9-6(11-5)7-12-2-3-13-7/h7H,2-4H2,1H3. The molecule has 0 radical (unpaired) electrons. The first kappa shape index (κ1) is 9.36. The number of aromatic nitrogens is 2. The highest BCUT2D eigenvalue weighted by molar-refractivity contribution is 8.19. The Labute approximate surface area is 84.8 Å². The fourth-order valence-electron chi connectivity index (χ4n) is 1.04. The number of thioether (sulfide) groups is 2. The van der Waals surface area contributed by atoms with Crippen molar-refractivity contribution in [3.63, 3.8) is 0 Å². The fourth-order valence-corrected chi connectivity index (χ4v) is 3.68. The summed E-state index contributed by atoms with van der Waals surface area (Å²) in [6, 6.07) is 0. The van der Waals surface area contributed by atoms with E-state index in [0.29, 0.717) is 17.1 Å². The van der Waals surface area contributed by atoms with Gasteiger partial charge in [0.25, 0.3) is 0 Å². The van der Waals surface area contributed by atoms with E-state index in [2.05, 4.69) is 10.2 Å². The van der Waals surface area contributed by atoms with Crippen molar-refractivity contribution < 1.29 is 9.15 Å². The molecule has 0 atom stereocenters. The van der Waals surface area contributed by atoms with Crippen molar-refractivity contribution in [3.8, 4) is 0 Å². The van der Waals surface area contributed by atoms with Gasteiger partial charge in [-0.3, -0.25) is 0 Å². The van der Waals surface area contributed by atoms with Crippen molar-refractivity contribution in [2.45, 2.75) is 11.2 Å². The first-order valence-electron chi connectivity index (χ1n) is 3.94. The van der Waals surface area contributed by atoms with Gasteiger partial charge in [-0.1, -0.05) is 0 Å². The number of hydrogen-bond acceptors (Lipinski definition) is 6. The van der Waals surface area contributed by atoms with Crippen LogP contribution in [0.5, 0.6) is 0 Å². The monoisotopic (exact) mass is 218 g/mol. The van der Waals surface area contributed by atoms with Gasteiger partial charge in [0.05, 0.1) is 0 Å². The third-order valence-corrected chi connectivity index (χ3v) is 4.54. The number of nitrogens with zero attached hydrogens (tertiary/aromatic N) is 2. The normalized spacial score (nSPS) is 18.2. The summed E-state index contributed by atoms with van der Waals surface area (Å²) in [5.74, 6) is 3.61. The highest BCUT2D eigenvalue weighted by atomic mass is 32.2. The molecule has 1 aromatic rings. The van der Waals surface area contributed by atoms with Gasteiger partial charge in [-0.25, -0.2) is 0 Å². The molecule has 0 spiro atoms. The summed E-state index contributed by atoms with van der Waals surface area (Å²) in [6.45, 7) is 0.398. The van der Waals surface area contributed by atoms with Crippen LogP contribution in [0.2, 0.25) is 0 Å². The summed E-state index contributed by atoms with van der Waals surface area (Å²) < 4.78 is 10.6. The molecule has 1 aliphatic rings. The van der Waals surface area contributed by atoms with Crippen molar-refractivity contribution >= 4 is 23.5 Å². The zero-order chi connectivity index (χ0) is 9.10. The lowest BCUT2D eigenvalue weighted by Crippen LogP contribution is -1.85. The third kappa shape index (κ3) is 2.18. The second-order valence-corrected chi connectivity index (χ2v) is 5.26. The van der Waals surface area contributed by atoms with Crippen molar-refractivity contribution in [1.29, 1.82) is 0 Å². The number of rotatable bonds is 3. The lowest BCUT2D eigenvalue weighted by Gasteiger charge is -1.99. The molecular formula is C7H10N2O2S2. The van der Waals surface area contributed by atoms with Gasteiger partial charge in [-0.15, -0.1) is 33.7 Å². The molecule has 2 rings (SSSR count). The van der Waals surface area contributed by atoms with Crippen LogP contribution in [-0.4, -0.2) is 28.8 Å². The zero-order valence-corrected chi connectivity index (χ0v) is 8.86. The maximum Gasteiger partial charge on any atom is 0.242 e. The van der Waals surface area contributed by atoms with Crippen LogP contribution in [0, 0.1) is 0 Å². The van der Waals surface area contributed by atoms with Gasteiger partial charge in [0.15, 0.2) is 0 Å². The van der Waals surface area contributed by atoms with E-state index in [-0.39, 0.29) is 0 Å². The van der Waals surface area contributed by atoms with E-state index in [9.17, 15) is 0 Å². The van der Waals surface area contributed by atoms with Gasteiger partial charge in [-0.2, -0.15) is 0 Å². The smallest absolute Gasteiger partial charge is 0.242 e. The van der Waals surface area contributed by atoms with Crippen LogP contribution in [0.15, 0.2) is 4.42 Å². The average Bonchev–Trinajstić information content (AvgIpc) is 2.70. The summed E-state index contributed by atoms with van der Waals surface area (Å²) >= 11 is 3.71. The van der Waals surface area contributed by atoms with Gasteiger partial charge in [-0.05, 0) is 0 Å². The molecule has 72 valence electrons. The van der Waals surface area contributed by atoms with Crippen LogP contribution in [0.4, 0.5) is 0 Å². The van der Waals surface area contributed by atoms with E-state index in [0.717, 1.165) is 17.4 Å². The Hall–Kier alpha value is -0.200. The van der Waals surface area contributed by atoms with E-state index >= 15 is 0 Å². The van der Waals surface area contributed by atoms with E-state index in [1.54, 1.807) is 7.11 Å². The van der Waals surface area contributed by atoms with E-state index in [1.807, 2.05) is 23.5 Å². The van der Waals surface area contributed by atoms with Gasteiger partial charge in [0.2, 0.25) is 11.8 Å². The lowest BCUT2D eigenvalue weighted by molar-refractivity contribution is 0.158. The fraction of sp³-hybridized carbons (Fsp3) is 0.714. The third-order valence-electron chi connectivity index (χ3n) is 1.57. The molecule has 0 bridgehead atoms. The summed E-state index contributed by atoms with van der Waals surface area (Å²) in [5.41, 5.74) is 0. The topological polar surface area (TPSA) is 48.2 Å². The lowest BCUT2D eigenvalue weighted by atomic mass is 10.7. The highest BCUT2D eigenvalue weighted by Crippen LogP contribution is 2.44. The minimum Gasteiger partial charge on any atom is -0.421 e. The van der Waals surface area contributed by atoms with Crippen LogP contribution in [0.1, 0.15) is 16.4 Å². The molecule has 1 aliphatic heterocycles. The Bertz CT molecular complexity index is 273. The van der Waals surface area contributed by atoms with Gasteiger partial charge < -0.3 is 9.15 Å². The molecule has 6 heteroatoms. The van der Waals surface area contributed by atoms with Crippen LogP contribution < -0.4 is 0 Å². The molecule has 13 heavy (non-hydrogen) atoms.